The van der Waals surface area contributed by atoms with Gasteiger partial charge in [0.25, 0.3) is 5.91 Å². The molecule has 136 valence electrons. The highest BCUT2D eigenvalue weighted by atomic mass is 16.3. The van der Waals surface area contributed by atoms with Gasteiger partial charge >= 0.3 is 0 Å². The van der Waals surface area contributed by atoms with E-state index in [-0.39, 0.29) is 12.0 Å². The van der Waals surface area contributed by atoms with Crippen molar-refractivity contribution in [1.29, 1.82) is 0 Å². The van der Waals surface area contributed by atoms with Gasteiger partial charge in [-0.05, 0) is 30.6 Å². The number of piperazine rings is 1. The third-order valence-electron chi connectivity index (χ3n) is 6.02. The summed E-state index contributed by atoms with van der Waals surface area (Å²) in [7, 11) is 0. The van der Waals surface area contributed by atoms with E-state index in [9.17, 15) is 9.90 Å². The Labute approximate surface area is 148 Å². The number of aliphatic hydroxyl groups is 1. The van der Waals surface area contributed by atoms with Crippen molar-refractivity contribution >= 4 is 11.9 Å². The number of nitrogens with one attached hydrogen (secondary N) is 1. The summed E-state index contributed by atoms with van der Waals surface area (Å²) in [5.74, 6) is 1.99. The lowest BCUT2D eigenvalue weighted by atomic mass is 9.75. The number of likely N-dealkylation sites (tertiary alicyclic amines) is 1. The highest BCUT2D eigenvalue weighted by molar-refractivity contribution is 5.93. The average Bonchev–Trinajstić information content (AvgIpc) is 3.05. The van der Waals surface area contributed by atoms with E-state index in [1.807, 2.05) is 4.90 Å². The van der Waals surface area contributed by atoms with Crippen molar-refractivity contribution in [2.75, 3.05) is 44.2 Å². The van der Waals surface area contributed by atoms with Gasteiger partial charge in [-0.3, -0.25) is 4.79 Å². The van der Waals surface area contributed by atoms with Crippen LogP contribution in [-0.4, -0.2) is 71.3 Å². The lowest BCUT2D eigenvalue weighted by molar-refractivity contribution is 0.0383. The lowest BCUT2D eigenvalue weighted by Gasteiger charge is -2.32. The number of fused-ring (bicyclic) bond motifs is 1. The molecule has 0 spiro atoms. The van der Waals surface area contributed by atoms with Crippen molar-refractivity contribution in [1.82, 2.24) is 20.2 Å². The topological polar surface area (TPSA) is 81.6 Å². The molecular formula is C18H27N5O2. The zero-order valence-corrected chi connectivity index (χ0v) is 14.8. The van der Waals surface area contributed by atoms with Crippen LogP contribution in [0.15, 0.2) is 12.4 Å². The number of aliphatic hydroxyl groups excluding tert-OH is 1. The number of hydrogen-bond acceptors (Lipinski definition) is 6. The molecule has 1 aromatic rings. The zero-order valence-electron chi connectivity index (χ0n) is 14.8. The Morgan fingerprint density at radius 3 is 2.48 bits per heavy atom. The average molecular weight is 345 g/mol. The van der Waals surface area contributed by atoms with E-state index in [0.29, 0.717) is 29.3 Å². The summed E-state index contributed by atoms with van der Waals surface area (Å²) < 4.78 is 0. The highest BCUT2D eigenvalue weighted by Crippen LogP contribution is 2.39. The molecule has 0 radical (unpaired) electrons. The molecular weight excluding hydrogens is 318 g/mol. The fraction of sp³-hybridized carbons (Fsp3) is 0.722. The predicted molar refractivity (Wildman–Crippen MR) is 94.4 cm³/mol. The molecule has 2 aliphatic heterocycles. The van der Waals surface area contributed by atoms with E-state index in [1.165, 1.54) is 0 Å². The Kier molecular flexibility index (Phi) is 4.60. The van der Waals surface area contributed by atoms with Gasteiger partial charge < -0.3 is 20.2 Å². The number of nitrogens with zero attached hydrogens (tertiary/aromatic N) is 4. The largest absolute Gasteiger partial charge is 0.393 e. The molecule has 7 heteroatoms. The molecule has 4 rings (SSSR count). The maximum atomic E-state index is 12.8. The first kappa shape index (κ1) is 16.7. The minimum absolute atomic E-state index is 0.0170. The van der Waals surface area contributed by atoms with Crippen molar-refractivity contribution < 1.29 is 9.90 Å². The summed E-state index contributed by atoms with van der Waals surface area (Å²) in [4.78, 5) is 25.7. The maximum absolute atomic E-state index is 12.8. The molecule has 4 atom stereocenters. The van der Waals surface area contributed by atoms with E-state index in [1.54, 1.807) is 12.4 Å². The van der Waals surface area contributed by atoms with Gasteiger partial charge in [-0.25, -0.2) is 9.97 Å². The summed E-state index contributed by atoms with van der Waals surface area (Å²) in [5, 5.41) is 13.4. The van der Waals surface area contributed by atoms with E-state index in [4.69, 9.17) is 0 Å². The third-order valence-corrected chi connectivity index (χ3v) is 6.02. The van der Waals surface area contributed by atoms with Crippen LogP contribution in [-0.2, 0) is 0 Å². The van der Waals surface area contributed by atoms with Crippen LogP contribution in [0.2, 0.25) is 0 Å². The number of carbonyl (C=O) groups excluding carboxylic acids is 1. The van der Waals surface area contributed by atoms with Crippen LogP contribution >= 0.6 is 0 Å². The Balaban J connectivity index is 1.41. The van der Waals surface area contributed by atoms with Crippen LogP contribution in [0.4, 0.5) is 5.95 Å². The molecule has 25 heavy (non-hydrogen) atoms. The molecule has 2 saturated heterocycles. The summed E-state index contributed by atoms with van der Waals surface area (Å²) in [5.41, 5.74) is 0.561. The molecule has 1 amide bonds. The highest BCUT2D eigenvalue weighted by Gasteiger charge is 2.41. The van der Waals surface area contributed by atoms with Crippen molar-refractivity contribution in [2.45, 2.75) is 25.9 Å². The quantitative estimate of drug-likeness (QED) is 0.806. The first-order chi connectivity index (χ1) is 12.1. The normalized spacial score (nSPS) is 32.6. The molecule has 7 nitrogen and oxygen atoms in total. The number of aromatic nitrogens is 2. The standard InChI is InChI=1S/C18H27N5O2/c1-12-6-13-10-23(11-14(13)7-16(12)24)17(25)15-8-20-18(21-9-15)22-4-2-19-3-5-22/h8-9,12-14,16,19,24H,2-7,10-11H2,1H3. The molecule has 1 aliphatic carbocycles. The molecule has 3 heterocycles. The number of rotatable bonds is 2. The van der Waals surface area contributed by atoms with Crippen LogP contribution in [0.25, 0.3) is 0 Å². The van der Waals surface area contributed by atoms with Crippen molar-refractivity contribution in [3.05, 3.63) is 18.0 Å². The summed E-state index contributed by atoms with van der Waals surface area (Å²) >= 11 is 0. The Bertz CT molecular complexity index is 598. The second kappa shape index (κ2) is 6.88. The van der Waals surface area contributed by atoms with Crippen molar-refractivity contribution in [3.63, 3.8) is 0 Å². The summed E-state index contributed by atoms with van der Waals surface area (Å²) in [6.07, 6.45) is 4.92. The monoisotopic (exact) mass is 345 g/mol. The van der Waals surface area contributed by atoms with Crippen LogP contribution < -0.4 is 10.2 Å². The number of hydrogen-bond donors (Lipinski definition) is 2. The number of carbonyl (C=O) groups is 1. The van der Waals surface area contributed by atoms with E-state index in [0.717, 1.165) is 52.1 Å². The Hall–Kier alpha value is -1.73. The van der Waals surface area contributed by atoms with E-state index in [2.05, 4.69) is 27.1 Å². The second-order valence-corrected chi connectivity index (χ2v) is 7.76. The fourth-order valence-electron chi connectivity index (χ4n) is 4.46. The minimum atomic E-state index is -0.224. The van der Waals surface area contributed by atoms with Crippen LogP contribution in [0.5, 0.6) is 0 Å². The smallest absolute Gasteiger partial charge is 0.257 e. The Morgan fingerprint density at radius 2 is 1.80 bits per heavy atom. The lowest BCUT2D eigenvalue weighted by Crippen LogP contribution is -2.44. The molecule has 2 N–H and O–H groups in total. The van der Waals surface area contributed by atoms with Gasteiger partial charge in [-0.15, -0.1) is 0 Å². The summed E-state index contributed by atoms with van der Waals surface area (Å²) in [6.45, 7) is 7.29. The van der Waals surface area contributed by atoms with Gasteiger partial charge in [-0.1, -0.05) is 6.92 Å². The second-order valence-electron chi connectivity index (χ2n) is 7.76. The van der Waals surface area contributed by atoms with Gasteiger partial charge in [0.05, 0.1) is 11.7 Å². The zero-order chi connectivity index (χ0) is 17.4. The maximum Gasteiger partial charge on any atom is 0.257 e. The van der Waals surface area contributed by atoms with Gasteiger partial charge in [0.15, 0.2) is 0 Å². The molecule has 0 aromatic carbocycles. The molecule has 1 aromatic heterocycles. The number of anilines is 1. The molecule has 4 unspecified atom stereocenters. The first-order valence-corrected chi connectivity index (χ1v) is 9.37. The first-order valence-electron chi connectivity index (χ1n) is 9.37. The minimum Gasteiger partial charge on any atom is -0.393 e. The molecule has 3 aliphatic rings. The number of amides is 1. The van der Waals surface area contributed by atoms with Gasteiger partial charge in [0.1, 0.15) is 0 Å². The fourth-order valence-corrected chi connectivity index (χ4v) is 4.46. The molecule has 3 fully saturated rings. The van der Waals surface area contributed by atoms with Crippen molar-refractivity contribution in [3.8, 4) is 0 Å². The van der Waals surface area contributed by atoms with Crippen molar-refractivity contribution in [2.24, 2.45) is 17.8 Å². The Morgan fingerprint density at radius 1 is 1.16 bits per heavy atom. The predicted octanol–water partition coefficient (Wildman–Crippen LogP) is 0.365. The van der Waals surface area contributed by atoms with Crippen LogP contribution in [0.3, 0.4) is 0 Å². The molecule has 0 bridgehead atoms. The van der Waals surface area contributed by atoms with Gasteiger partial charge in [-0.2, -0.15) is 0 Å². The summed E-state index contributed by atoms with van der Waals surface area (Å²) in [6, 6.07) is 0. The van der Waals surface area contributed by atoms with Gasteiger partial charge in [0.2, 0.25) is 5.95 Å². The van der Waals surface area contributed by atoms with E-state index >= 15 is 0 Å². The molecule has 1 saturated carbocycles. The van der Waals surface area contributed by atoms with E-state index < -0.39 is 0 Å². The van der Waals surface area contributed by atoms with Gasteiger partial charge in [0, 0.05) is 51.7 Å². The van der Waals surface area contributed by atoms with Crippen LogP contribution in [0, 0.1) is 17.8 Å². The van der Waals surface area contributed by atoms with Crippen LogP contribution in [0.1, 0.15) is 30.1 Å². The third kappa shape index (κ3) is 3.35. The SMILES string of the molecule is CC1CC2CN(C(=O)c3cnc(N4CCNCC4)nc3)CC2CC1O.